The predicted molar refractivity (Wildman–Crippen MR) is 88.8 cm³/mol. The number of carbonyl (C=O) groups excluding carboxylic acids is 1. The van der Waals surface area contributed by atoms with Crippen LogP contribution in [0.1, 0.15) is 25.7 Å². The van der Waals surface area contributed by atoms with Gasteiger partial charge in [-0.2, -0.15) is 0 Å². The Morgan fingerprint density at radius 1 is 1.17 bits per heavy atom. The second-order valence-corrected chi connectivity index (χ2v) is 8.09. The van der Waals surface area contributed by atoms with Gasteiger partial charge in [0.05, 0.1) is 18.1 Å². The highest BCUT2D eigenvalue weighted by Gasteiger charge is 2.28. The van der Waals surface area contributed by atoms with Crippen LogP contribution in [0.4, 0.5) is 5.69 Å². The van der Waals surface area contributed by atoms with E-state index in [9.17, 15) is 18.0 Å². The number of carboxylic acids is 1. The first kappa shape index (κ1) is 18.3. The van der Waals surface area contributed by atoms with Crippen molar-refractivity contribution in [1.29, 1.82) is 0 Å². The van der Waals surface area contributed by atoms with Gasteiger partial charge in [0, 0.05) is 18.0 Å². The monoisotopic (exact) mass is 355 g/mol. The Hall–Kier alpha value is -2.09. The third-order valence-corrected chi connectivity index (χ3v) is 5.57. The molecule has 0 saturated carbocycles. The van der Waals surface area contributed by atoms with E-state index in [2.05, 4.69) is 5.32 Å². The minimum absolute atomic E-state index is 0.0608. The second-order valence-electron chi connectivity index (χ2n) is 5.79. The number of sulfone groups is 1. The molecular formula is C16H21NO6S. The summed E-state index contributed by atoms with van der Waals surface area (Å²) in [7, 11) is -2.98. The predicted octanol–water partition coefficient (Wildman–Crippen LogP) is 1.69. The molecule has 1 aromatic rings. The lowest BCUT2D eigenvalue weighted by molar-refractivity contribution is -0.137. The summed E-state index contributed by atoms with van der Waals surface area (Å²) in [5, 5.41) is 11.3. The maximum absolute atomic E-state index is 12.1. The third kappa shape index (κ3) is 5.84. The number of benzene rings is 1. The molecule has 1 aliphatic heterocycles. The van der Waals surface area contributed by atoms with Crippen LogP contribution in [0.5, 0.6) is 5.75 Å². The fourth-order valence-electron chi connectivity index (χ4n) is 2.44. The topological polar surface area (TPSA) is 110 Å². The van der Waals surface area contributed by atoms with Gasteiger partial charge in [-0.1, -0.05) is 0 Å². The lowest BCUT2D eigenvalue weighted by atomic mass is 10.0. The van der Waals surface area contributed by atoms with Gasteiger partial charge < -0.3 is 15.2 Å². The lowest BCUT2D eigenvalue weighted by Gasteiger charge is -2.21. The second kappa shape index (κ2) is 8.14. The summed E-state index contributed by atoms with van der Waals surface area (Å²) in [5.41, 5.74) is 0.617. The SMILES string of the molecule is O=C(O)CCCOc1ccc(NC(=O)C2CCS(=O)(=O)CC2)cc1. The van der Waals surface area contributed by atoms with Crippen LogP contribution < -0.4 is 10.1 Å². The third-order valence-electron chi connectivity index (χ3n) is 3.85. The molecule has 1 saturated heterocycles. The highest BCUT2D eigenvalue weighted by molar-refractivity contribution is 7.91. The number of carboxylic acid groups (broad SMARTS) is 1. The van der Waals surface area contributed by atoms with E-state index < -0.39 is 15.8 Å². The molecule has 1 fully saturated rings. The van der Waals surface area contributed by atoms with Crippen molar-refractivity contribution in [1.82, 2.24) is 0 Å². The molecular weight excluding hydrogens is 334 g/mol. The molecule has 0 bridgehead atoms. The minimum Gasteiger partial charge on any atom is -0.494 e. The molecule has 7 nitrogen and oxygen atoms in total. The lowest BCUT2D eigenvalue weighted by Crippen LogP contribution is -2.31. The van der Waals surface area contributed by atoms with Crippen molar-refractivity contribution in [3.8, 4) is 5.75 Å². The van der Waals surface area contributed by atoms with Crippen LogP contribution in [-0.2, 0) is 19.4 Å². The normalized spacial score (nSPS) is 17.2. The quantitative estimate of drug-likeness (QED) is 0.720. The Balaban J connectivity index is 1.79. The molecule has 0 radical (unpaired) electrons. The molecule has 0 spiro atoms. The van der Waals surface area contributed by atoms with Gasteiger partial charge in [-0.15, -0.1) is 0 Å². The molecule has 1 heterocycles. The van der Waals surface area contributed by atoms with Gasteiger partial charge in [0.25, 0.3) is 0 Å². The van der Waals surface area contributed by atoms with Crippen molar-refractivity contribution in [3.05, 3.63) is 24.3 Å². The Morgan fingerprint density at radius 3 is 2.38 bits per heavy atom. The van der Waals surface area contributed by atoms with E-state index in [1.165, 1.54) is 0 Å². The highest BCUT2D eigenvalue weighted by Crippen LogP contribution is 2.22. The number of anilines is 1. The average Bonchev–Trinajstić information content (AvgIpc) is 2.52. The number of carbonyl (C=O) groups is 2. The molecule has 132 valence electrons. The van der Waals surface area contributed by atoms with Gasteiger partial charge >= 0.3 is 5.97 Å². The van der Waals surface area contributed by atoms with Crippen molar-refractivity contribution in [3.63, 3.8) is 0 Å². The average molecular weight is 355 g/mol. The van der Waals surface area contributed by atoms with Crippen molar-refractivity contribution >= 4 is 27.4 Å². The summed E-state index contributed by atoms with van der Waals surface area (Å²) in [4.78, 5) is 22.5. The first-order valence-corrected chi connectivity index (χ1v) is 9.64. The smallest absolute Gasteiger partial charge is 0.303 e. The molecule has 1 aliphatic rings. The van der Waals surface area contributed by atoms with Gasteiger partial charge in [-0.25, -0.2) is 8.42 Å². The van der Waals surface area contributed by atoms with Crippen molar-refractivity contribution in [2.45, 2.75) is 25.7 Å². The highest BCUT2D eigenvalue weighted by atomic mass is 32.2. The van der Waals surface area contributed by atoms with Gasteiger partial charge in [-0.3, -0.25) is 9.59 Å². The van der Waals surface area contributed by atoms with Gasteiger partial charge in [0.1, 0.15) is 15.6 Å². The first-order valence-electron chi connectivity index (χ1n) is 7.82. The van der Waals surface area contributed by atoms with Crippen LogP contribution in [0, 0.1) is 5.92 Å². The molecule has 2 N–H and O–H groups in total. The van der Waals surface area contributed by atoms with Gasteiger partial charge in [-0.05, 0) is 43.5 Å². The molecule has 0 atom stereocenters. The molecule has 2 rings (SSSR count). The number of amides is 1. The summed E-state index contributed by atoms with van der Waals surface area (Å²) in [6.07, 6.45) is 1.21. The summed E-state index contributed by atoms with van der Waals surface area (Å²) in [5.74, 6) is -0.572. The molecule has 24 heavy (non-hydrogen) atoms. The Morgan fingerprint density at radius 2 is 1.79 bits per heavy atom. The Labute approximate surface area is 140 Å². The molecule has 1 aromatic carbocycles. The fourth-order valence-corrected chi connectivity index (χ4v) is 3.94. The van der Waals surface area contributed by atoms with E-state index in [0.29, 0.717) is 37.3 Å². The van der Waals surface area contributed by atoms with E-state index in [-0.39, 0.29) is 29.8 Å². The van der Waals surface area contributed by atoms with E-state index in [4.69, 9.17) is 9.84 Å². The van der Waals surface area contributed by atoms with E-state index >= 15 is 0 Å². The number of nitrogens with one attached hydrogen (secondary N) is 1. The maximum Gasteiger partial charge on any atom is 0.303 e. The van der Waals surface area contributed by atoms with Crippen molar-refractivity contribution < 1.29 is 27.9 Å². The molecule has 8 heteroatoms. The van der Waals surface area contributed by atoms with Crippen LogP contribution in [0.3, 0.4) is 0 Å². The molecule has 0 aromatic heterocycles. The summed E-state index contributed by atoms with van der Waals surface area (Å²) in [6, 6.07) is 6.79. The number of rotatable bonds is 7. The van der Waals surface area contributed by atoms with Crippen LogP contribution >= 0.6 is 0 Å². The zero-order chi connectivity index (χ0) is 17.6. The van der Waals surface area contributed by atoms with Gasteiger partial charge in [0.15, 0.2) is 0 Å². The van der Waals surface area contributed by atoms with Crippen LogP contribution in [0.25, 0.3) is 0 Å². The van der Waals surface area contributed by atoms with E-state index in [1.807, 2.05) is 0 Å². The van der Waals surface area contributed by atoms with Crippen LogP contribution in [-0.4, -0.2) is 43.5 Å². The van der Waals surface area contributed by atoms with Gasteiger partial charge in [0.2, 0.25) is 5.91 Å². The molecule has 0 unspecified atom stereocenters. The molecule has 1 amide bonds. The first-order chi connectivity index (χ1) is 11.4. The van der Waals surface area contributed by atoms with E-state index in [0.717, 1.165) is 0 Å². The number of hydrogen-bond donors (Lipinski definition) is 2. The summed E-state index contributed by atoms with van der Waals surface area (Å²) in [6.45, 7) is 0.314. The maximum atomic E-state index is 12.1. The fraction of sp³-hybridized carbons (Fsp3) is 0.500. The zero-order valence-corrected chi connectivity index (χ0v) is 14.0. The largest absolute Gasteiger partial charge is 0.494 e. The molecule has 0 aliphatic carbocycles. The number of aliphatic carboxylic acids is 1. The van der Waals surface area contributed by atoms with Crippen LogP contribution in [0.15, 0.2) is 24.3 Å². The zero-order valence-electron chi connectivity index (χ0n) is 13.2. The van der Waals surface area contributed by atoms with Crippen molar-refractivity contribution in [2.75, 3.05) is 23.4 Å². The Bertz CT molecular complexity index is 669. The van der Waals surface area contributed by atoms with Crippen LogP contribution in [0.2, 0.25) is 0 Å². The number of hydrogen-bond acceptors (Lipinski definition) is 5. The van der Waals surface area contributed by atoms with Crippen molar-refractivity contribution in [2.24, 2.45) is 5.92 Å². The Kier molecular flexibility index (Phi) is 6.19. The summed E-state index contributed by atoms with van der Waals surface area (Å²) >= 11 is 0. The standard InChI is InChI=1S/C16H21NO6S/c18-15(19)2-1-9-23-14-5-3-13(4-6-14)17-16(20)12-7-10-24(21,22)11-8-12/h3-6,12H,1-2,7-11H2,(H,17,20)(H,18,19). The number of ether oxygens (including phenoxy) is 1. The summed E-state index contributed by atoms with van der Waals surface area (Å²) < 4.78 is 28.2. The van der Waals surface area contributed by atoms with E-state index in [1.54, 1.807) is 24.3 Å². The minimum atomic E-state index is -2.98.